The molecule has 0 spiro atoms. The third-order valence-corrected chi connectivity index (χ3v) is 2.04. The molecule has 68 valence electrons. The Morgan fingerprint density at radius 3 is 2.82 bits per heavy atom. The SMILES string of the molecule is COCC(C)CNCCSC. The van der Waals surface area contributed by atoms with Crippen molar-refractivity contribution in [2.45, 2.75) is 6.92 Å². The average molecular weight is 177 g/mol. The van der Waals surface area contributed by atoms with Crippen LogP contribution in [0.25, 0.3) is 0 Å². The van der Waals surface area contributed by atoms with Gasteiger partial charge < -0.3 is 10.1 Å². The summed E-state index contributed by atoms with van der Waals surface area (Å²) in [5.41, 5.74) is 0. The summed E-state index contributed by atoms with van der Waals surface area (Å²) in [7, 11) is 1.75. The molecule has 11 heavy (non-hydrogen) atoms. The van der Waals surface area contributed by atoms with Gasteiger partial charge >= 0.3 is 0 Å². The summed E-state index contributed by atoms with van der Waals surface area (Å²) in [6, 6.07) is 0. The Morgan fingerprint density at radius 1 is 1.55 bits per heavy atom. The molecule has 0 aromatic rings. The van der Waals surface area contributed by atoms with Gasteiger partial charge in [-0.1, -0.05) is 6.92 Å². The lowest BCUT2D eigenvalue weighted by atomic mass is 10.2. The topological polar surface area (TPSA) is 21.3 Å². The molecular weight excluding hydrogens is 158 g/mol. The van der Waals surface area contributed by atoms with Gasteiger partial charge in [0.05, 0.1) is 0 Å². The summed E-state index contributed by atoms with van der Waals surface area (Å²) in [4.78, 5) is 0. The summed E-state index contributed by atoms with van der Waals surface area (Å²) in [6.45, 7) is 5.21. The normalized spacial score (nSPS) is 13.4. The Hall–Kier alpha value is 0.270. The van der Waals surface area contributed by atoms with Crippen LogP contribution >= 0.6 is 11.8 Å². The Kier molecular flexibility index (Phi) is 8.57. The molecule has 0 fully saturated rings. The fourth-order valence-electron chi connectivity index (χ4n) is 0.866. The lowest BCUT2D eigenvalue weighted by molar-refractivity contribution is 0.159. The molecule has 0 aliphatic rings. The van der Waals surface area contributed by atoms with Gasteiger partial charge in [-0.3, -0.25) is 0 Å². The molecule has 3 heteroatoms. The van der Waals surface area contributed by atoms with Crippen LogP contribution in [0.4, 0.5) is 0 Å². The summed E-state index contributed by atoms with van der Waals surface area (Å²) in [5.74, 6) is 1.82. The van der Waals surface area contributed by atoms with Gasteiger partial charge in [-0.2, -0.15) is 11.8 Å². The van der Waals surface area contributed by atoms with Crippen LogP contribution in [0.5, 0.6) is 0 Å². The van der Waals surface area contributed by atoms with Crippen molar-refractivity contribution in [3.8, 4) is 0 Å². The van der Waals surface area contributed by atoms with Crippen molar-refractivity contribution in [2.75, 3.05) is 38.8 Å². The minimum Gasteiger partial charge on any atom is -0.384 e. The van der Waals surface area contributed by atoms with Crippen molar-refractivity contribution in [1.29, 1.82) is 0 Å². The second-order valence-corrected chi connectivity index (χ2v) is 3.74. The molecule has 0 saturated heterocycles. The van der Waals surface area contributed by atoms with Crippen molar-refractivity contribution in [2.24, 2.45) is 5.92 Å². The molecule has 0 rings (SSSR count). The van der Waals surface area contributed by atoms with Crippen molar-refractivity contribution in [1.82, 2.24) is 5.32 Å². The molecule has 1 N–H and O–H groups in total. The summed E-state index contributed by atoms with van der Waals surface area (Å²) in [5, 5.41) is 3.37. The van der Waals surface area contributed by atoms with Crippen molar-refractivity contribution in [3.63, 3.8) is 0 Å². The zero-order valence-electron chi connectivity index (χ0n) is 7.72. The van der Waals surface area contributed by atoms with Gasteiger partial charge in [0.1, 0.15) is 0 Å². The maximum Gasteiger partial charge on any atom is 0.0499 e. The van der Waals surface area contributed by atoms with E-state index in [1.54, 1.807) is 7.11 Å². The van der Waals surface area contributed by atoms with Crippen LogP contribution in [0.3, 0.4) is 0 Å². The molecule has 0 aliphatic carbocycles. The van der Waals surface area contributed by atoms with E-state index < -0.39 is 0 Å². The highest BCUT2D eigenvalue weighted by Gasteiger charge is 1.98. The number of hydrogen-bond acceptors (Lipinski definition) is 3. The zero-order chi connectivity index (χ0) is 8.53. The molecule has 0 amide bonds. The van der Waals surface area contributed by atoms with E-state index in [9.17, 15) is 0 Å². The second-order valence-electron chi connectivity index (χ2n) is 2.76. The Bertz CT molecular complexity index is 80.5. The quantitative estimate of drug-likeness (QED) is 0.591. The van der Waals surface area contributed by atoms with Gasteiger partial charge in [-0.25, -0.2) is 0 Å². The fourth-order valence-corrected chi connectivity index (χ4v) is 1.21. The maximum atomic E-state index is 5.02. The van der Waals surface area contributed by atoms with Gasteiger partial charge in [-0.05, 0) is 18.7 Å². The monoisotopic (exact) mass is 177 g/mol. The van der Waals surface area contributed by atoms with Crippen LogP contribution in [-0.2, 0) is 4.74 Å². The van der Waals surface area contributed by atoms with Gasteiger partial charge in [0.25, 0.3) is 0 Å². The summed E-state index contributed by atoms with van der Waals surface area (Å²) in [6.07, 6.45) is 2.13. The van der Waals surface area contributed by atoms with Gasteiger partial charge in [0, 0.05) is 26.0 Å². The van der Waals surface area contributed by atoms with Crippen molar-refractivity contribution >= 4 is 11.8 Å². The predicted molar refractivity (Wildman–Crippen MR) is 52.3 cm³/mol. The van der Waals surface area contributed by atoms with Crippen molar-refractivity contribution in [3.05, 3.63) is 0 Å². The Balaban J connectivity index is 2.97. The molecule has 1 unspecified atom stereocenters. The first kappa shape index (κ1) is 11.3. The third kappa shape index (κ3) is 8.17. The van der Waals surface area contributed by atoms with E-state index in [0.717, 1.165) is 19.7 Å². The highest BCUT2D eigenvalue weighted by atomic mass is 32.2. The molecule has 0 aromatic heterocycles. The summed E-state index contributed by atoms with van der Waals surface area (Å²) < 4.78 is 5.02. The standard InChI is InChI=1S/C8H19NOS/c1-8(7-10-2)6-9-4-5-11-3/h8-9H,4-7H2,1-3H3. The third-order valence-electron chi connectivity index (χ3n) is 1.43. The minimum atomic E-state index is 0.627. The van der Waals surface area contributed by atoms with Crippen LogP contribution in [0, 0.1) is 5.92 Å². The lowest BCUT2D eigenvalue weighted by Crippen LogP contribution is -2.25. The summed E-state index contributed by atoms with van der Waals surface area (Å²) >= 11 is 1.87. The average Bonchev–Trinajstić information content (AvgIpc) is 1.99. The van der Waals surface area contributed by atoms with Crippen LogP contribution < -0.4 is 5.32 Å². The highest BCUT2D eigenvalue weighted by molar-refractivity contribution is 7.98. The molecule has 1 atom stereocenters. The molecule has 0 bridgehead atoms. The Morgan fingerprint density at radius 2 is 2.27 bits per heavy atom. The number of methoxy groups -OCH3 is 1. The molecule has 0 aliphatic heterocycles. The van der Waals surface area contributed by atoms with Crippen molar-refractivity contribution < 1.29 is 4.74 Å². The molecule has 2 nitrogen and oxygen atoms in total. The number of nitrogens with one attached hydrogen (secondary N) is 1. The molecule has 0 saturated carbocycles. The number of hydrogen-bond donors (Lipinski definition) is 1. The first-order valence-electron chi connectivity index (χ1n) is 3.99. The van der Waals surface area contributed by atoms with Gasteiger partial charge in [0.15, 0.2) is 0 Å². The van der Waals surface area contributed by atoms with E-state index in [-0.39, 0.29) is 0 Å². The number of thioether (sulfide) groups is 1. The Labute approximate surface area is 74.1 Å². The smallest absolute Gasteiger partial charge is 0.0499 e. The minimum absolute atomic E-state index is 0.627. The van der Waals surface area contributed by atoms with E-state index in [1.165, 1.54) is 5.75 Å². The van der Waals surface area contributed by atoms with Crippen LogP contribution in [0.1, 0.15) is 6.92 Å². The van der Waals surface area contributed by atoms with Crippen LogP contribution in [0.15, 0.2) is 0 Å². The van der Waals surface area contributed by atoms with Crippen LogP contribution in [-0.4, -0.2) is 38.8 Å². The predicted octanol–water partition coefficient (Wildman–Crippen LogP) is 1.22. The van der Waals surface area contributed by atoms with E-state index in [0.29, 0.717) is 5.92 Å². The molecule has 0 heterocycles. The molecule has 0 aromatic carbocycles. The first-order chi connectivity index (χ1) is 5.31. The largest absolute Gasteiger partial charge is 0.384 e. The highest BCUT2D eigenvalue weighted by Crippen LogP contribution is 1.92. The second kappa shape index (κ2) is 8.37. The van der Waals surface area contributed by atoms with Gasteiger partial charge in [-0.15, -0.1) is 0 Å². The first-order valence-corrected chi connectivity index (χ1v) is 5.39. The molecular formula is C8H19NOS. The number of rotatable bonds is 7. The van der Waals surface area contributed by atoms with E-state index in [4.69, 9.17) is 4.74 Å². The zero-order valence-corrected chi connectivity index (χ0v) is 8.54. The fraction of sp³-hybridized carbons (Fsp3) is 1.00. The van der Waals surface area contributed by atoms with Crippen LogP contribution in [0.2, 0.25) is 0 Å². The number of ether oxygens (including phenoxy) is 1. The van der Waals surface area contributed by atoms with Gasteiger partial charge in [0.2, 0.25) is 0 Å². The maximum absolute atomic E-state index is 5.02. The lowest BCUT2D eigenvalue weighted by Gasteiger charge is -2.10. The molecule has 0 radical (unpaired) electrons. The van der Waals surface area contributed by atoms with E-state index in [1.807, 2.05) is 11.8 Å². The van der Waals surface area contributed by atoms with E-state index >= 15 is 0 Å². The van der Waals surface area contributed by atoms with E-state index in [2.05, 4.69) is 18.5 Å².